The molecule has 0 heterocycles. The van der Waals surface area contributed by atoms with Crippen LogP contribution in [0.4, 0.5) is 5.69 Å². The van der Waals surface area contributed by atoms with Gasteiger partial charge in [0, 0.05) is 23.2 Å². The molecule has 0 radical (unpaired) electrons. The minimum Gasteiger partial charge on any atom is -0.496 e. The van der Waals surface area contributed by atoms with Crippen LogP contribution in [0.1, 0.15) is 54.9 Å². The molecule has 0 aliphatic heterocycles. The zero-order chi connectivity index (χ0) is 22.8. The fourth-order valence-corrected chi connectivity index (χ4v) is 3.48. The Bertz CT molecular complexity index is 1110. The van der Waals surface area contributed by atoms with Crippen molar-refractivity contribution in [1.82, 2.24) is 5.43 Å². The molecule has 0 saturated carbocycles. The third-order valence-electron chi connectivity index (χ3n) is 5.18. The van der Waals surface area contributed by atoms with Gasteiger partial charge in [0.2, 0.25) is 5.91 Å². The van der Waals surface area contributed by atoms with E-state index in [1.807, 2.05) is 36.4 Å². The first kappa shape index (κ1) is 23.0. The first-order valence-electron chi connectivity index (χ1n) is 10.9. The number of methoxy groups -OCH3 is 1. The Morgan fingerprint density at radius 2 is 1.84 bits per heavy atom. The molecule has 0 aliphatic carbocycles. The quantitative estimate of drug-likeness (QED) is 0.252. The van der Waals surface area contributed by atoms with E-state index in [1.165, 1.54) is 0 Å². The highest BCUT2D eigenvalue weighted by molar-refractivity contribution is 6.03. The van der Waals surface area contributed by atoms with Crippen LogP contribution in [0.2, 0.25) is 0 Å². The van der Waals surface area contributed by atoms with Crippen LogP contribution in [0.5, 0.6) is 5.75 Å². The molecule has 0 bridgehead atoms. The lowest BCUT2D eigenvalue weighted by Crippen LogP contribution is -2.18. The van der Waals surface area contributed by atoms with E-state index in [2.05, 4.69) is 22.8 Å². The monoisotopic (exact) mass is 431 g/mol. The summed E-state index contributed by atoms with van der Waals surface area (Å²) in [5.74, 6) is 0.268. The van der Waals surface area contributed by atoms with Crippen LogP contribution < -0.4 is 15.5 Å². The summed E-state index contributed by atoms with van der Waals surface area (Å²) in [4.78, 5) is 24.7. The summed E-state index contributed by atoms with van der Waals surface area (Å²) in [6, 6.07) is 18.6. The van der Waals surface area contributed by atoms with Gasteiger partial charge in [-0.15, -0.1) is 0 Å². The second-order valence-corrected chi connectivity index (χ2v) is 7.54. The number of carbonyl (C=O) groups excluding carboxylic acids is 2. The Morgan fingerprint density at radius 3 is 2.66 bits per heavy atom. The van der Waals surface area contributed by atoms with E-state index in [4.69, 9.17) is 4.74 Å². The molecular formula is C26H29N3O3. The molecule has 6 heteroatoms. The number of unbranched alkanes of at least 4 members (excludes halogenated alkanes) is 3. The lowest BCUT2D eigenvalue weighted by Gasteiger charge is -2.09. The van der Waals surface area contributed by atoms with Gasteiger partial charge >= 0.3 is 0 Å². The highest BCUT2D eigenvalue weighted by atomic mass is 16.5. The number of amides is 2. The molecule has 3 aromatic carbocycles. The van der Waals surface area contributed by atoms with Crippen LogP contribution in [0, 0.1) is 0 Å². The molecule has 0 saturated heterocycles. The summed E-state index contributed by atoms with van der Waals surface area (Å²) in [5, 5.41) is 9.03. The van der Waals surface area contributed by atoms with Crippen LogP contribution in [-0.4, -0.2) is 25.1 Å². The molecule has 0 atom stereocenters. The maximum Gasteiger partial charge on any atom is 0.271 e. The molecule has 0 unspecified atom stereocenters. The number of hydrogen-bond donors (Lipinski definition) is 2. The summed E-state index contributed by atoms with van der Waals surface area (Å²) in [5.41, 5.74) is 4.35. The third kappa shape index (κ3) is 6.17. The van der Waals surface area contributed by atoms with Gasteiger partial charge in [-0.2, -0.15) is 5.10 Å². The zero-order valence-corrected chi connectivity index (χ0v) is 18.6. The van der Waals surface area contributed by atoms with Crippen LogP contribution in [0.15, 0.2) is 65.8 Å². The van der Waals surface area contributed by atoms with Gasteiger partial charge in [-0.25, -0.2) is 5.43 Å². The molecule has 166 valence electrons. The van der Waals surface area contributed by atoms with Gasteiger partial charge in [-0.1, -0.05) is 62.6 Å². The number of rotatable bonds is 10. The minimum atomic E-state index is -0.362. The normalized spacial score (nSPS) is 10.9. The molecule has 0 aliphatic rings. The Morgan fingerprint density at radius 1 is 1.00 bits per heavy atom. The average molecular weight is 432 g/mol. The summed E-state index contributed by atoms with van der Waals surface area (Å²) < 4.78 is 5.45. The van der Waals surface area contributed by atoms with Crippen molar-refractivity contribution in [2.75, 3.05) is 12.4 Å². The molecule has 3 aromatic rings. The molecule has 0 aromatic heterocycles. The van der Waals surface area contributed by atoms with E-state index in [0.717, 1.165) is 42.0 Å². The van der Waals surface area contributed by atoms with Gasteiger partial charge in [0.15, 0.2) is 0 Å². The minimum absolute atomic E-state index is 0.0419. The molecule has 2 amide bonds. The average Bonchev–Trinajstić information content (AvgIpc) is 2.82. The zero-order valence-electron chi connectivity index (χ0n) is 18.6. The number of anilines is 1. The van der Waals surface area contributed by atoms with Crippen molar-refractivity contribution in [2.24, 2.45) is 5.10 Å². The van der Waals surface area contributed by atoms with Gasteiger partial charge in [0.05, 0.1) is 13.3 Å². The van der Waals surface area contributed by atoms with Crippen molar-refractivity contribution in [3.05, 3.63) is 71.8 Å². The molecule has 2 N–H and O–H groups in total. The summed E-state index contributed by atoms with van der Waals surface area (Å²) >= 11 is 0. The second-order valence-electron chi connectivity index (χ2n) is 7.54. The molecule has 0 spiro atoms. The first-order chi connectivity index (χ1) is 15.6. The van der Waals surface area contributed by atoms with Crippen molar-refractivity contribution in [3.63, 3.8) is 0 Å². The van der Waals surface area contributed by atoms with Crippen molar-refractivity contribution in [1.29, 1.82) is 0 Å². The molecule has 32 heavy (non-hydrogen) atoms. The SMILES string of the molecule is CCCCCCC(=O)Nc1cccc(C(=O)NN=Cc2c(OC)ccc3ccccc23)c1. The van der Waals surface area contributed by atoms with Gasteiger partial charge in [0.1, 0.15) is 5.75 Å². The predicted octanol–water partition coefficient (Wildman–Crippen LogP) is 5.52. The van der Waals surface area contributed by atoms with Gasteiger partial charge in [0.25, 0.3) is 5.91 Å². The van der Waals surface area contributed by atoms with E-state index < -0.39 is 0 Å². The smallest absolute Gasteiger partial charge is 0.271 e. The van der Waals surface area contributed by atoms with Crippen LogP contribution >= 0.6 is 0 Å². The number of carbonyl (C=O) groups is 2. The fourth-order valence-electron chi connectivity index (χ4n) is 3.48. The van der Waals surface area contributed by atoms with E-state index >= 15 is 0 Å². The fraction of sp³-hybridized carbons (Fsp3) is 0.269. The van der Waals surface area contributed by atoms with Crippen molar-refractivity contribution < 1.29 is 14.3 Å². The molecule has 6 nitrogen and oxygen atoms in total. The second kappa shape index (κ2) is 11.6. The summed E-state index contributed by atoms with van der Waals surface area (Å²) in [6.07, 6.45) is 6.25. The van der Waals surface area contributed by atoms with Crippen molar-refractivity contribution >= 4 is 34.5 Å². The highest BCUT2D eigenvalue weighted by Crippen LogP contribution is 2.26. The van der Waals surface area contributed by atoms with Crippen LogP contribution in [-0.2, 0) is 4.79 Å². The topological polar surface area (TPSA) is 79.8 Å². The maximum absolute atomic E-state index is 12.6. The Balaban J connectivity index is 1.65. The van der Waals surface area contributed by atoms with Crippen molar-refractivity contribution in [2.45, 2.75) is 39.0 Å². The highest BCUT2D eigenvalue weighted by Gasteiger charge is 2.09. The summed E-state index contributed by atoms with van der Waals surface area (Å²) in [6.45, 7) is 2.14. The standard InChI is InChI=1S/C26H29N3O3/c1-3-4-5-6-14-25(30)28-21-12-9-11-20(17-21)26(31)29-27-18-23-22-13-8-7-10-19(22)15-16-24(23)32-2/h7-13,15-18H,3-6,14H2,1-2H3,(H,28,30)(H,29,31). The van der Waals surface area contributed by atoms with Crippen LogP contribution in [0.3, 0.4) is 0 Å². The molecular weight excluding hydrogens is 402 g/mol. The molecule has 3 rings (SSSR count). The largest absolute Gasteiger partial charge is 0.496 e. The van der Waals surface area contributed by atoms with E-state index in [-0.39, 0.29) is 11.8 Å². The number of fused-ring (bicyclic) bond motifs is 1. The van der Waals surface area contributed by atoms with E-state index in [1.54, 1.807) is 37.6 Å². The lowest BCUT2D eigenvalue weighted by atomic mass is 10.0. The Kier molecular flexibility index (Phi) is 8.37. The lowest BCUT2D eigenvalue weighted by molar-refractivity contribution is -0.116. The summed E-state index contributed by atoms with van der Waals surface area (Å²) in [7, 11) is 1.60. The Hall–Kier alpha value is -3.67. The predicted molar refractivity (Wildman–Crippen MR) is 129 cm³/mol. The first-order valence-corrected chi connectivity index (χ1v) is 10.9. The van der Waals surface area contributed by atoms with E-state index in [0.29, 0.717) is 23.4 Å². The van der Waals surface area contributed by atoms with Crippen molar-refractivity contribution in [3.8, 4) is 5.75 Å². The number of nitrogens with zero attached hydrogens (tertiary/aromatic N) is 1. The third-order valence-corrected chi connectivity index (χ3v) is 5.18. The molecule has 0 fully saturated rings. The Labute approximate surface area is 188 Å². The maximum atomic E-state index is 12.6. The number of ether oxygens (including phenoxy) is 1. The van der Waals surface area contributed by atoms with Crippen LogP contribution in [0.25, 0.3) is 10.8 Å². The number of nitrogens with one attached hydrogen (secondary N) is 2. The van der Waals surface area contributed by atoms with E-state index in [9.17, 15) is 9.59 Å². The number of benzene rings is 3. The number of hydrogen-bond acceptors (Lipinski definition) is 4. The van der Waals surface area contributed by atoms with Gasteiger partial charge in [-0.05, 0) is 41.5 Å². The van der Waals surface area contributed by atoms with Gasteiger partial charge in [-0.3, -0.25) is 9.59 Å². The number of hydrazone groups is 1. The van der Waals surface area contributed by atoms with Gasteiger partial charge < -0.3 is 10.1 Å².